The first-order valence-corrected chi connectivity index (χ1v) is 9.62. The van der Waals surface area contributed by atoms with Crippen molar-refractivity contribution in [2.75, 3.05) is 27.1 Å². The number of hydrogen-bond acceptors (Lipinski definition) is 5. The summed E-state index contributed by atoms with van der Waals surface area (Å²) in [6.07, 6.45) is 2.01. The number of benzene rings is 2. The molecule has 1 N–H and O–H groups in total. The fourth-order valence-electron chi connectivity index (χ4n) is 3.63. The van der Waals surface area contributed by atoms with E-state index in [9.17, 15) is 0 Å². The van der Waals surface area contributed by atoms with E-state index < -0.39 is 0 Å². The molecule has 1 atom stereocenters. The molecule has 0 fully saturated rings. The van der Waals surface area contributed by atoms with Crippen LogP contribution in [0.5, 0.6) is 23.0 Å². The molecule has 5 heteroatoms. The van der Waals surface area contributed by atoms with Gasteiger partial charge in [0, 0.05) is 6.54 Å². The molecule has 1 unspecified atom stereocenters. The molecule has 0 amide bonds. The Morgan fingerprint density at radius 1 is 1.11 bits per heavy atom. The summed E-state index contributed by atoms with van der Waals surface area (Å²) >= 11 is 0. The summed E-state index contributed by atoms with van der Waals surface area (Å²) < 4.78 is 22.6. The molecule has 2 aromatic rings. The van der Waals surface area contributed by atoms with Crippen molar-refractivity contribution in [3.05, 3.63) is 47.0 Å². The predicted molar refractivity (Wildman–Crippen MR) is 104 cm³/mol. The van der Waals surface area contributed by atoms with Gasteiger partial charge in [0.15, 0.2) is 23.0 Å². The third kappa shape index (κ3) is 3.69. The van der Waals surface area contributed by atoms with Gasteiger partial charge in [-0.05, 0) is 59.7 Å². The number of fused-ring (bicyclic) bond motifs is 2. The average Bonchev–Trinajstić information content (AvgIpc) is 3.13. The van der Waals surface area contributed by atoms with Gasteiger partial charge in [-0.2, -0.15) is 0 Å². The first-order chi connectivity index (χ1) is 13.2. The van der Waals surface area contributed by atoms with E-state index in [1.54, 1.807) is 7.11 Å². The maximum Gasteiger partial charge on any atom is 0.231 e. The molecule has 0 aromatic heterocycles. The lowest BCUT2D eigenvalue weighted by Crippen LogP contribution is -2.30. The number of hydrogen-bond donors (Lipinski definition) is 1. The molecule has 0 saturated carbocycles. The van der Waals surface area contributed by atoms with E-state index in [1.165, 1.54) is 11.1 Å². The zero-order valence-electron chi connectivity index (χ0n) is 16.2. The number of nitrogens with one attached hydrogen (secondary N) is 1. The van der Waals surface area contributed by atoms with Crippen molar-refractivity contribution < 1.29 is 18.9 Å². The Morgan fingerprint density at radius 2 is 1.93 bits per heavy atom. The van der Waals surface area contributed by atoms with Crippen LogP contribution in [0, 0.1) is 5.92 Å². The van der Waals surface area contributed by atoms with Crippen LogP contribution >= 0.6 is 0 Å². The number of methoxy groups -OCH3 is 1. The van der Waals surface area contributed by atoms with Gasteiger partial charge >= 0.3 is 0 Å². The molecular weight excluding hydrogens is 342 g/mol. The Bertz CT molecular complexity index is 818. The molecule has 2 heterocycles. The molecule has 2 aliphatic rings. The van der Waals surface area contributed by atoms with Crippen LogP contribution < -0.4 is 24.3 Å². The van der Waals surface area contributed by atoms with Crippen molar-refractivity contribution in [3.8, 4) is 23.0 Å². The van der Waals surface area contributed by atoms with Crippen LogP contribution in [0.2, 0.25) is 0 Å². The number of rotatable bonds is 6. The standard InChI is InChI=1S/C22H27NO4/c1-14(2)7-9-25-18-5-4-16(11-19(18)24-3)22-17-12-21-20(26-13-27-21)10-15(17)6-8-23-22/h4-5,10-12,14,22-23H,6-9,13H2,1-3H3. The van der Waals surface area contributed by atoms with Gasteiger partial charge in [-0.3, -0.25) is 0 Å². The summed E-state index contributed by atoms with van der Waals surface area (Å²) in [4.78, 5) is 0. The second kappa shape index (κ2) is 7.69. The Balaban J connectivity index is 1.61. The van der Waals surface area contributed by atoms with Crippen LogP contribution in [0.25, 0.3) is 0 Å². The van der Waals surface area contributed by atoms with Crippen molar-refractivity contribution in [3.63, 3.8) is 0 Å². The van der Waals surface area contributed by atoms with E-state index >= 15 is 0 Å². The molecular formula is C22H27NO4. The molecule has 4 rings (SSSR count). The summed E-state index contributed by atoms with van der Waals surface area (Å²) in [5, 5.41) is 3.62. The first-order valence-electron chi connectivity index (χ1n) is 9.62. The highest BCUT2D eigenvalue weighted by atomic mass is 16.7. The van der Waals surface area contributed by atoms with Crippen LogP contribution in [0.4, 0.5) is 0 Å². The van der Waals surface area contributed by atoms with Crippen molar-refractivity contribution in [1.82, 2.24) is 5.32 Å². The smallest absolute Gasteiger partial charge is 0.231 e. The van der Waals surface area contributed by atoms with E-state index in [-0.39, 0.29) is 6.04 Å². The van der Waals surface area contributed by atoms with Gasteiger partial charge < -0.3 is 24.3 Å². The zero-order chi connectivity index (χ0) is 18.8. The Hall–Kier alpha value is -2.40. The minimum Gasteiger partial charge on any atom is -0.493 e. The van der Waals surface area contributed by atoms with Crippen LogP contribution in [0.1, 0.15) is 43.0 Å². The minimum absolute atomic E-state index is 0.0989. The average molecular weight is 369 g/mol. The summed E-state index contributed by atoms with van der Waals surface area (Å²) in [5.41, 5.74) is 3.70. The molecule has 27 heavy (non-hydrogen) atoms. The highest BCUT2D eigenvalue weighted by molar-refractivity contribution is 5.54. The molecule has 0 aliphatic carbocycles. The maximum atomic E-state index is 5.93. The number of ether oxygens (including phenoxy) is 4. The minimum atomic E-state index is 0.0989. The van der Waals surface area contributed by atoms with Gasteiger partial charge in [-0.25, -0.2) is 0 Å². The summed E-state index contributed by atoms with van der Waals surface area (Å²) in [7, 11) is 1.69. The van der Waals surface area contributed by atoms with Gasteiger partial charge in [-0.15, -0.1) is 0 Å². The highest BCUT2D eigenvalue weighted by Crippen LogP contribution is 2.41. The molecule has 0 spiro atoms. The van der Waals surface area contributed by atoms with E-state index in [0.29, 0.717) is 19.3 Å². The lowest BCUT2D eigenvalue weighted by Gasteiger charge is -2.28. The van der Waals surface area contributed by atoms with Crippen molar-refractivity contribution in [1.29, 1.82) is 0 Å². The van der Waals surface area contributed by atoms with Gasteiger partial charge in [0.2, 0.25) is 6.79 Å². The lowest BCUT2D eigenvalue weighted by molar-refractivity contribution is 0.174. The monoisotopic (exact) mass is 369 g/mol. The Kier molecular flexibility index (Phi) is 5.12. The van der Waals surface area contributed by atoms with Crippen molar-refractivity contribution in [2.24, 2.45) is 5.92 Å². The zero-order valence-corrected chi connectivity index (χ0v) is 16.2. The fourth-order valence-corrected chi connectivity index (χ4v) is 3.63. The molecule has 144 valence electrons. The lowest BCUT2D eigenvalue weighted by atomic mass is 9.89. The molecule has 0 saturated heterocycles. The predicted octanol–water partition coefficient (Wildman–Crippen LogP) is 4.08. The van der Waals surface area contributed by atoms with Gasteiger partial charge in [-0.1, -0.05) is 19.9 Å². The van der Waals surface area contributed by atoms with E-state index in [2.05, 4.69) is 43.4 Å². The van der Waals surface area contributed by atoms with Crippen LogP contribution in [-0.4, -0.2) is 27.1 Å². The topological polar surface area (TPSA) is 49.0 Å². The van der Waals surface area contributed by atoms with E-state index in [1.807, 2.05) is 6.07 Å². The Labute approximate surface area is 160 Å². The van der Waals surface area contributed by atoms with E-state index in [0.717, 1.165) is 47.9 Å². The summed E-state index contributed by atoms with van der Waals surface area (Å²) in [6.45, 7) is 6.31. The van der Waals surface area contributed by atoms with Crippen LogP contribution in [-0.2, 0) is 6.42 Å². The fraction of sp³-hybridized carbons (Fsp3) is 0.455. The van der Waals surface area contributed by atoms with Crippen molar-refractivity contribution >= 4 is 0 Å². The molecule has 5 nitrogen and oxygen atoms in total. The van der Waals surface area contributed by atoms with Crippen LogP contribution in [0.15, 0.2) is 30.3 Å². The van der Waals surface area contributed by atoms with E-state index in [4.69, 9.17) is 18.9 Å². The largest absolute Gasteiger partial charge is 0.493 e. The maximum absolute atomic E-state index is 5.93. The quantitative estimate of drug-likeness (QED) is 0.831. The van der Waals surface area contributed by atoms with Gasteiger partial charge in [0.05, 0.1) is 19.8 Å². The van der Waals surface area contributed by atoms with Gasteiger partial charge in [0.25, 0.3) is 0 Å². The third-order valence-corrected chi connectivity index (χ3v) is 5.16. The first kappa shape index (κ1) is 18.0. The van der Waals surface area contributed by atoms with Gasteiger partial charge in [0.1, 0.15) is 0 Å². The Morgan fingerprint density at radius 3 is 2.70 bits per heavy atom. The third-order valence-electron chi connectivity index (χ3n) is 5.16. The molecule has 0 bridgehead atoms. The SMILES string of the molecule is COc1cc(C2NCCc3cc4c(cc32)OCO4)ccc1OCCC(C)C. The summed E-state index contributed by atoms with van der Waals surface area (Å²) in [5.74, 6) is 3.85. The molecule has 2 aliphatic heterocycles. The van der Waals surface area contributed by atoms with Crippen molar-refractivity contribution in [2.45, 2.75) is 32.7 Å². The molecule has 2 aromatic carbocycles. The summed E-state index contributed by atoms with van der Waals surface area (Å²) in [6, 6.07) is 10.5. The van der Waals surface area contributed by atoms with Crippen LogP contribution in [0.3, 0.4) is 0 Å². The normalized spacial score (nSPS) is 17.7. The molecule has 0 radical (unpaired) electrons. The second-order valence-corrected chi connectivity index (χ2v) is 7.48. The highest BCUT2D eigenvalue weighted by Gasteiger charge is 2.26. The second-order valence-electron chi connectivity index (χ2n) is 7.48.